The molecular formula is C9H8N4O. The first-order valence-electron chi connectivity index (χ1n) is 4.10. The van der Waals surface area contributed by atoms with Crippen molar-refractivity contribution in [1.82, 2.24) is 0 Å². The highest BCUT2D eigenvalue weighted by Crippen LogP contribution is 2.12. The molecule has 0 atom stereocenters. The zero-order valence-corrected chi connectivity index (χ0v) is 7.34. The number of primary amides is 1. The van der Waals surface area contributed by atoms with E-state index in [-0.39, 0.29) is 0 Å². The van der Waals surface area contributed by atoms with Gasteiger partial charge in [-0.2, -0.15) is 0 Å². The van der Waals surface area contributed by atoms with Crippen LogP contribution in [0.1, 0.15) is 6.42 Å². The minimum Gasteiger partial charge on any atom is -0.366 e. The van der Waals surface area contributed by atoms with Gasteiger partial charge in [-0.3, -0.25) is 9.79 Å². The molecule has 0 spiro atoms. The van der Waals surface area contributed by atoms with Gasteiger partial charge in [0, 0.05) is 30.6 Å². The fraction of sp³-hybridized carbons (Fsp3) is 0.111. The maximum absolute atomic E-state index is 10.9. The lowest BCUT2D eigenvalue weighted by atomic mass is 10.1. The average molecular weight is 188 g/mol. The number of carbonyl (C=O) groups excluding carboxylic acids is 1. The number of aliphatic imine (C=N–C) groups is 3. The van der Waals surface area contributed by atoms with Gasteiger partial charge >= 0.3 is 0 Å². The molecule has 2 aliphatic heterocycles. The van der Waals surface area contributed by atoms with E-state index in [0.717, 1.165) is 0 Å². The number of carbonyl (C=O) groups is 1. The normalized spacial score (nSPS) is 19.0. The van der Waals surface area contributed by atoms with Gasteiger partial charge in [0.15, 0.2) is 5.84 Å². The number of amides is 1. The molecule has 5 heteroatoms. The maximum atomic E-state index is 10.9. The van der Waals surface area contributed by atoms with Gasteiger partial charge in [-0.1, -0.05) is 0 Å². The number of allylic oxidation sites excluding steroid dienone is 1. The Morgan fingerprint density at radius 1 is 1.43 bits per heavy atom. The third-order valence-corrected chi connectivity index (χ3v) is 1.87. The van der Waals surface area contributed by atoms with Gasteiger partial charge < -0.3 is 5.73 Å². The van der Waals surface area contributed by atoms with E-state index in [1.165, 1.54) is 6.20 Å². The maximum Gasteiger partial charge on any atom is 0.246 e. The summed E-state index contributed by atoms with van der Waals surface area (Å²) in [7, 11) is 0. The standard InChI is InChI=1S/C9H8N4O/c10-8(14)6-4-7-9(13-5-6)12-3-1-2-11-7/h1-3,5H,4H2,(H2,10,14). The molecule has 5 nitrogen and oxygen atoms in total. The highest BCUT2D eigenvalue weighted by molar-refractivity contribution is 6.45. The molecule has 2 heterocycles. The summed E-state index contributed by atoms with van der Waals surface area (Å²) in [5.41, 5.74) is 6.27. The second-order valence-electron chi connectivity index (χ2n) is 2.84. The molecule has 0 fully saturated rings. The monoisotopic (exact) mass is 188 g/mol. The summed E-state index contributed by atoms with van der Waals surface area (Å²) in [6.07, 6.45) is 6.77. The van der Waals surface area contributed by atoms with Gasteiger partial charge in [0.05, 0.1) is 5.71 Å². The summed E-state index contributed by atoms with van der Waals surface area (Å²) in [5.74, 6) is 0.0766. The predicted octanol–water partition coefficient (Wildman–Crippen LogP) is 0.197. The Morgan fingerprint density at radius 3 is 3.07 bits per heavy atom. The fourth-order valence-electron chi connectivity index (χ4n) is 1.17. The molecule has 2 aliphatic rings. The number of rotatable bonds is 1. The predicted molar refractivity (Wildman–Crippen MR) is 54.4 cm³/mol. The molecule has 2 rings (SSSR count). The van der Waals surface area contributed by atoms with Gasteiger partial charge in [0.1, 0.15) is 0 Å². The van der Waals surface area contributed by atoms with Crippen molar-refractivity contribution < 1.29 is 4.79 Å². The van der Waals surface area contributed by atoms with Crippen LogP contribution in [0.2, 0.25) is 0 Å². The fourth-order valence-corrected chi connectivity index (χ4v) is 1.17. The first kappa shape index (κ1) is 8.55. The van der Waals surface area contributed by atoms with Crippen molar-refractivity contribution in [3.63, 3.8) is 0 Å². The highest BCUT2D eigenvalue weighted by Gasteiger charge is 2.18. The molecule has 2 N–H and O–H groups in total. The molecule has 0 bridgehead atoms. The summed E-state index contributed by atoms with van der Waals surface area (Å²) in [5, 5.41) is 0. The van der Waals surface area contributed by atoms with E-state index >= 15 is 0 Å². The molecule has 14 heavy (non-hydrogen) atoms. The zero-order chi connectivity index (χ0) is 9.97. The number of nitrogens with zero attached hydrogens (tertiary/aromatic N) is 3. The smallest absolute Gasteiger partial charge is 0.246 e. The van der Waals surface area contributed by atoms with E-state index in [1.807, 2.05) is 0 Å². The molecule has 1 amide bonds. The summed E-state index contributed by atoms with van der Waals surface area (Å²) in [6.45, 7) is 0. The summed E-state index contributed by atoms with van der Waals surface area (Å²) >= 11 is 0. The van der Waals surface area contributed by atoms with Crippen molar-refractivity contribution in [2.45, 2.75) is 6.42 Å². The van der Waals surface area contributed by atoms with Crippen LogP contribution in [0.3, 0.4) is 0 Å². The molecule has 0 aliphatic carbocycles. The van der Waals surface area contributed by atoms with Crippen molar-refractivity contribution in [3.8, 4) is 0 Å². The van der Waals surface area contributed by atoms with Gasteiger partial charge in [0.2, 0.25) is 5.91 Å². The van der Waals surface area contributed by atoms with Crippen molar-refractivity contribution in [2.75, 3.05) is 0 Å². The van der Waals surface area contributed by atoms with Gasteiger partial charge in [-0.05, 0) is 6.08 Å². The Labute approximate surface area is 80.5 Å². The number of hydrogen-bond acceptors (Lipinski definition) is 4. The van der Waals surface area contributed by atoms with Crippen molar-refractivity contribution in [3.05, 3.63) is 24.0 Å². The number of fused-ring (bicyclic) bond motifs is 1. The second kappa shape index (κ2) is 3.37. The van der Waals surface area contributed by atoms with Crippen LogP contribution in [-0.2, 0) is 4.79 Å². The first-order valence-corrected chi connectivity index (χ1v) is 4.10. The molecule has 0 saturated carbocycles. The van der Waals surface area contributed by atoms with Crippen LogP contribution < -0.4 is 5.73 Å². The molecule has 0 radical (unpaired) electrons. The van der Waals surface area contributed by atoms with E-state index in [2.05, 4.69) is 15.0 Å². The summed E-state index contributed by atoms with van der Waals surface area (Å²) in [6, 6.07) is 0. The lowest BCUT2D eigenvalue weighted by Gasteiger charge is -2.09. The molecule has 0 aromatic heterocycles. The van der Waals surface area contributed by atoms with Crippen LogP contribution >= 0.6 is 0 Å². The van der Waals surface area contributed by atoms with Crippen molar-refractivity contribution in [1.29, 1.82) is 0 Å². The van der Waals surface area contributed by atoms with E-state index in [4.69, 9.17) is 5.73 Å². The van der Waals surface area contributed by atoms with Crippen LogP contribution in [0.4, 0.5) is 0 Å². The summed E-state index contributed by atoms with van der Waals surface area (Å²) in [4.78, 5) is 23.0. The minimum absolute atomic E-state index is 0.399. The third kappa shape index (κ3) is 1.52. The molecule has 0 unspecified atom stereocenters. The van der Waals surface area contributed by atoms with E-state index in [0.29, 0.717) is 23.5 Å². The molecule has 0 aromatic rings. The van der Waals surface area contributed by atoms with E-state index in [1.54, 1.807) is 18.5 Å². The minimum atomic E-state index is -0.465. The number of nitrogens with two attached hydrogens (primary N) is 1. The number of hydrogen-bond donors (Lipinski definition) is 1. The van der Waals surface area contributed by atoms with E-state index in [9.17, 15) is 4.79 Å². The SMILES string of the molecule is NC(=O)C1=CN=C2N=CC=CN=C2C1. The highest BCUT2D eigenvalue weighted by atomic mass is 16.1. The largest absolute Gasteiger partial charge is 0.366 e. The Balaban J connectivity index is 2.38. The lowest BCUT2D eigenvalue weighted by Crippen LogP contribution is -2.22. The van der Waals surface area contributed by atoms with Gasteiger partial charge in [-0.15, -0.1) is 0 Å². The Kier molecular flexibility index (Phi) is 2.06. The molecule has 0 aromatic carbocycles. The van der Waals surface area contributed by atoms with Gasteiger partial charge in [-0.25, -0.2) is 9.98 Å². The first-order chi connectivity index (χ1) is 6.77. The zero-order valence-electron chi connectivity index (χ0n) is 7.34. The Bertz CT molecular complexity index is 426. The van der Waals surface area contributed by atoms with Crippen LogP contribution in [0, 0.1) is 0 Å². The quantitative estimate of drug-likeness (QED) is 0.626. The molecular weight excluding hydrogens is 180 g/mol. The number of amidine groups is 1. The van der Waals surface area contributed by atoms with Crippen LogP contribution in [0.25, 0.3) is 0 Å². The Morgan fingerprint density at radius 2 is 2.29 bits per heavy atom. The van der Waals surface area contributed by atoms with Crippen molar-refractivity contribution in [2.24, 2.45) is 20.7 Å². The van der Waals surface area contributed by atoms with Crippen LogP contribution in [-0.4, -0.2) is 23.7 Å². The van der Waals surface area contributed by atoms with Gasteiger partial charge in [0.25, 0.3) is 0 Å². The molecule has 0 saturated heterocycles. The van der Waals surface area contributed by atoms with Crippen LogP contribution in [0.5, 0.6) is 0 Å². The van der Waals surface area contributed by atoms with Crippen molar-refractivity contribution >= 4 is 23.7 Å². The average Bonchev–Trinajstić information content (AvgIpc) is 2.41. The van der Waals surface area contributed by atoms with E-state index < -0.39 is 5.91 Å². The Hall–Kier alpha value is -2.04. The van der Waals surface area contributed by atoms with Crippen LogP contribution in [0.15, 0.2) is 39.0 Å². The second-order valence-corrected chi connectivity index (χ2v) is 2.84. The molecule has 70 valence electrons. The third-order valence-electron chi connectivity index (χ3n) is 1.87. The topological polar surface area (TPSA) is 80.2 Å². The summed E-state index contributed by atoms with van der Waals surface area (Å²) < 4.78 is 0. The lowest BCUT2D eigenvalue weighted by molar-refractivity contribution is -0.114.